The van der Waals surface area contributed by atoms with E-state index in [1.165, 1.54) is 24.8 Å². The monoisotopic (exact) mass is 246 g/mol. The van der Waals surface area contributed by atoms with Crippen molar-refractivity contribution in [3.8, 4) is 0 Å². The molecule has 0 aromatic rings. The van der Waals surface area contributed by atoms with Crippen molar-refractivity contribution in [1.82, 2.24) is 0 Å². The van der Waals surface area contributed by atoms with Crippen molar-refractivity contribution < 1.29 is 9.53 Å². The highest BCUT2D eigenvalue weighted by Crippen LogP contribution is 2.62. The standard InChI is InChI=1S/C16H22O2/c1-3-5-6-12-13-10-7-8-11(9-10)14(13)15(12)16(17)18-4-2/h7-8,10-11,13-14H,3-6,9H2,1-2H3/t10-,11+,13-,14-/m1/s1. The molecule has 0 heterocycles. The van der Waals surface area contributed by atoms with Crippen molar-refractivity contribution in [2.75, 3.05) is 6.61 Å². The lowest BCUT2D eigenvalue weighted by atomic mass is 9.62. The lowest BCUT2D eigenvalue weighted by Gasteiger charge is -2.42. The number of carbonyl (C=O) groups excluding carboxylic acids is 1. The van der Waals surface area contributed by atoms with E-state index in [2.05, 4.69) is 19.1 Å². The molecule has 0 spiro atoms. The van der Waals surface area contributed by atoms with Crippen molar-refractivity contribution in [3.05, 3.63) is 23.3 Å². The number of esters is 1. The molecule has 18 heavy (non-hydrogen) atoms. The van der Waals surface area contributed by atoms with Crippen LogP contribution in [0, 0.1) is 23.7 Å². The highest BCUT2D eigenvalue weighted by atomic mass is 16.5. The molecule has 0 aromatic carbocycles. The van der Waals surface area contributed by atoms with E-state index in [0.717, 1.165) is 12.0 Å². The topological polar surface area (TPSA) is 26.3 Å². The first-order valence-corrected chi connectivity index (χ1v) is 7.36. The Morgan fingerprint density at radius 2 is 2.00 bits per heavy atom. The summed E-state index contributed by atoms with van der Waals surface area (Å²) in [7, 11) is 0. The van der Waals surface area contributed by atoms with Crippen LogP contribution in [0.2, 0.25) is 0 Å². The molecule has 4 atom stereocenters. The number of carbonyl (C=O) groups is 1. The SMILES string of the molecule is CCCCC1=C(C(=O)OCC)[C@H]2[C@@H]1[C@@H]1C=C[C@H]2C1. The molecule has 0 saturated heterocycles. The molecule has 3 aliphatic carbocycles. The molecule has 3 aliphatic rings. The summed E-state index contributed by atoms with van der Waals surface area (Å²) in [5.41, 5.74) is 2.48. The first-order chi connectivity index (χ1) is 8.77. The predicted molar refractivity (Wildman–Crippen MR) is 70.9 cm³/mol. The summed E-state index contributed by atoms with van der Waals surface area (Å²) < 4.78 is 5.25. The summed E-state index contributed by atoms with van der Waals surface area (Å²) >= 11 is 0. The Balaban J connectivity index is 1.84. The van der Waals surface area contributed by atoms with Gasteiger partial charge in [-0.3, -0.25) is 0 Å². The average molecular weight is 246 g/mol. The summed E-state index contributed by atoms with van der Waals surface area (Å²) in [5.74, 6) is 2.46. The minimum Gasteiger partial charge on any atom is -0.463 e. The molecule has 2 nitrogen and oxygen atoms in total. The second-order valence-electron chi connectivity index (χ2n) is 5.76. The van der Waals surface area contributed by atoms with Gasteiger partial charge in [-0.05, 0) is 43.9 Å². The fourth-order valence-corrected chi connectivity index (χ4v) is 4.13. The fourth-order valence-electron chi connectivity index (χ4n) is 4.13. The van der Waals surface area contributed by atoms with E-state index in [4.69, 9.17) is 4.74 Å². The molecule has 98 valence electrons. The van der Waals surface area contributed by atoms with Crippen molar-refractivity contribution in [1.29, 1.82) is 0 Å². The van der Waals surface area contributed by atoms with Gasteiger partial charge in [0.15, 0.2) is 0 Å². The molecule has 0 aromatic heterocycles. The third-order valence-corrected chi connectivity index (χ3v) is 4.84. The second-order valence-corrected chi connectivity index (χ2v) is 5.76. The Morgan fingerprint density at radius 3 is 2.67 bits per heavy atom. The van der Waals surface area contributed by atoms with E-state index in [0.29, 0.717) is 30.3 Å². The zero-order valence-electron chi connectivity index (χ0n) is 11.3. The van der Waals surface area contributed by atoms with Crippen LogP contribution in [0.25, 0.3) is 0 Å². The molecule has 1 saturated carbocycles. The smallest absolute Gasteiger partial charge is 0.334 e. The molecule has 2 bridgehead atoms. The largest absolute Gasteiger partial charge is 0.463 e. The van der Waals surface area contributed by atoms with Crippen LogP contribution in [0.1, 0.15) is 39.5 Å². The minimum atomic E-state index is -0.0363. The third kappa shape index (κ3) is 1.58. The van der Waals surface area contributed by atoms with Gasteiger partial charge in [0.1, 0.15) is 0 Å². The van der Waals surface area contributed by atoms with Crippen molar-refractivity contribution in [3.63, 3.8) is 0 Å². The highest BCUT2D eigenvalue weighted by Gasteiger charge is 2.56. The van der Waals surface area contributed by atoms with Crippen LogP contribution < -0.4 is 0 Å². The van der Waals surface area contributed by atoms with Crippen molar-refractivity contribution in [2.45, 2.75) is 39.5 Å². The average Bonchev–Trinajstić information content (AvgIpc) is 2.87. The normalized spacial score (nSPS) is 35.7. The maximum Gasteiger partial charge on any atom is 0.334 e. The Bertz CT molecular complexity index is 419. The molecule has 0 unspecified atom stereocenters. The Hall–Kier alpha value is -1.05. The van der Waals surface area contributed by atoms with E-state index < -0.39 is 0 Å². The van der Waals surface area contributed by atoms with Crippen LogP contribution in [0.4, 0.5) is 0 Å². The van der Waals surface area contributed by atoms with Crippen LogP contribution in [-0.4, -0.2) is 12.6 Å². The summed E-state index contributed by atoms with van der Waals surface area (Å²) in [4.78, 5) is 12.1. The van der Waals surface area contributed by atoms with Gasteiger partial charge in [-0.2, -0.15) is 0 Å². The lowest BCUT2D eigenvalue weighted by Crippen LogP contribution is -2.38. The summed E-state index contributed by atoms with van der Waals surface area (Å²) in [5, 5.41) is 0. The van der Waals surface area contributed by atoms with E-state index in [9.17, 15) is 4.79 Å². The number of hydrogen-bond acceptors (Lipinski definition) is 2. The maximum absolute atomic E-state index is 12.1. The summed E-state index contributed by atoms with van der Waals surface area (Å²) in [6.07, 6.45) is 9.45. The number of allylic oxidation sites excluding steroid dienone is 3. The summed E-state index contributed by atoms with van der Waals surface area (Å²) in [6, 6.07) is 0. The Morgan fingerprint density at radius 1 is 1.28 bits per heavy atom. The highest BCUT2D eigenvalue weighted by molar-refractivity contribution is 5.93. The van der Waals surface area contributed by atoms with Crippen LogP contribution in [0.15, 0.2) is 23.3 Å². The van der Waals surface area contributed by atoms with Crippen LogP contribution in [0.3, 0.4) is 0 Å². The number of unbranched alkanes of at least 4 members (excludes halogenated alkanes) is 1. The Labute approximate surface area is 109 Å². The van der Waals surface area contributed by atoms with Gasteiger partial charge in [-0.15, -0.1) is 0 Å². The van der Waals surface area contributed by atoms with E-state index >= 15 is 0 Å². The van der Waals surface area contributed by atoms with E-state index in [1.54, 1.807) is 0 Å². The summed E-state index contributed by atoms with van der Waals surface area (Å²) in [6.45, 7) is 4.59. The van der Waals surface area contributed by atoms with Gasteiger partial charge >= 0.3 is 5.97 Å². The first kappa shape index (κ1) is 12.0. The van der Waals surface area contributed by atoms with Crippen molar-refractivity contribution >= 4 is 5.97 Å². The second kappa shape index (κ2) is 4.56. The molecular formula is C16H22O2. The number of fused-ring (bicyclic) bond motifs is 5. The van der Waals surface area contributed by atoms with Crippen LogP contribution >= 0.6 is 0 Å². The van der Waals surface area contributed by atoms with Gasteiger partial charge in [0.05, 0.1) is 6.61 Å². The molecule has 0 aliphatic heterocycles. The Kier molecular flexibility index (Phi) is 3.04. The number of rotatable bonds is 5. The van der Waals surface area contributed by atoms with Gasteiger partial charge in [0.2, 0.25) is 0 Å². The predicted octanol–water partition coefficient (Wildman–Crippen LogP) is 3.49. The maximum atomic E-state index is 12.1. The van der Waals surface area contributed by atoms with Crippen molar-refractivity contribution in [2.24, 2.45) is 23.7 Å². The first-order valence-electron chi connectivity index (χ1n) is 7.36. The lowest BCUT2D eigenvalue weighted by molar-refractivity contribution is -0.140. The molecule has 3 rings (SSSR count). The molecule has 0 radical (unpaired) electrons. The molecular weight excluding hydrogens is 224 g/mol. The van der Waals surface area contributed by atoms with Gasteiger partial charge in [-0.1, -0.05) is 31.1 Å². The zero-order valence-corrected chi connectivity index (χ0v) is 11.3. The van der Waals surface area contributed by atoms with Crippen LogP contribution in [-0.2, 0) is 9.53 Å². The molecule has 2 heteroatoms. The zero-order chi connectivity index (χ0) is 12.7. The van der Waals surface area contributed by atoms with Gasteiger partial charge in [-0.25, -0.2) is 4.79 Å². The fraction of sp³-hybridized carbons (Fsp3) is 0.688. The molecule has 1 fully saturated rings. The third-order valence-electron chi connectivity index (χ3n) is 4.84. The van der Waals surface area contributed by atoms with Gasteiger partial charge in [0.25, 0.3) is 0 Å². The van der Waals surface area contributed by atoms with Crippen LogP contribution in [0.5, 0.6) is 0 Å². The quantitative estimate of drug-likeness (QED) is 0.548. The number of hydrogen-bond donors (Lipinski definition) is 0. The van der Waals surface area contributed by atoms with Gasteiger partial charge in [0, 0.05) is 11.5 Å². The number of ether oxygens (including phenoxy) is 1. The molecule has 0 N–H and O–H groups in total. The van der Waals surface area contributed by atoms with E-state index in [-0.39, 0.29) is 5.97 Å². The van der Waals surface area contributed by atoms with Gasteiger partial charge < -0.3 is 4.74 Å². The molecule has 0 amide bonds. The minimum absolute atomic E-state index is 0.0363. The van der Waals surface area contributed by atoms with E-state index in [1.807, 2.05) is 6.92 Å².